The number of benzene rings is 1. The van der Waals surface area contributed by atoms with Crippen LogP contribution in [0.2, 0.25) is 0 Å². The first-order valence-electron chi connectivity index (χ1n) is 6.13. The van der Waals surface area contributed by atoms with Crippen LogP contribution in [0, 0.1) is 0 Å². The van der Waals surface area contributed by atoms with Crippen molar-refractivity contribution in [1.82, 2.24) is 4.98 Å². The minimum Gasteiger partial charge on any atom is -0.265 e. The number of nitrogens with zero attached hydrogens (tertiary/aromatic N) is 1. The summed E-state index contributed by atoms with van der Waals surface area (Å²) in [7, 11) is 0. The smallest absolute Gasteiger partial charge is 0.0273 e. The molecule has 0 unspecified atom stereocenters. The topological polar surface area (TPSA) is 12.9 Å². The number of rotatable bonds is 2. The summed E-state index contributed by atoms with van der Waals surface area (Å²) in [6.07, 6.45) is 7.41. The van der Waals surface area contributed by atoms with E-state index in [0.717, 1.165) is 0 Å². The first-order chi connectivity index (χ1) is 8.45. The number of allylic oxidation sites excluding steroid dienone is 2. The monoisotopic (exact) mass is 221 g/mol. The van der Waals surface area contributed by atoms with Gasteiger partial charge >= 0.3 is 0 Å². The summed E-state index contributed by atoms with van der Waals surface area (Å²) in [4.78, 5) is 4.09. The van der Waals surface area contributed by atoms with E-state index < -0.39 is 0 Å². The number of aromatic nitrogens is 1. The van der Waals surface area contributed by atoms with Crippen molar-refractivity contribution in [2.75, 3.05) is 0 Å². The lowest BCUT2D eigenvalue weighted by atomic mass is 9.98. The van der Waals surface area contributed by atoms with Crippen molar-refractivity contribution in [3.8, 4) is 0 Å². The highest BCUT2D eigenvalue weighted by Gasteiger charge is 2.16. The van der Waals surface area contributed by atoms with Crippen LogP contribution in [0.3, 0.4) is 0 Å². The van der Waals surface area contributed by atoms with E-state index in [2.05, 4.69) is 47.4 Å². The van der Waals surface area contributed by atoms with Gasteiger partial charge in [-0.1, -0.05) is 30.3 Å². The predicted molar refractivity (Wildman–Crippen MR) is 71.3 cm³/mol. The van der Waals surface area contributed by atoms with Gasteiger partial charge in [-0.2, -0.15) is 0 Å². The van der Waals surface area contributed by atoms with Gasteiger partial charge in [-0.3, -0.25) is 4.98 Å². The number of hydrogen-bond donors (Lipinski definition) is 0. The third-order valence-corrected chi connectivity index (χ3v) is 3.37. The van der Waals surface area contributed by atoms with E-state index >= 15 is 0 Å². The molecule has 1 aromatic carbocycles. The summed E-state index contributed by atoms with van der Waals surface area (Å²) in [5.41, 5.74) is 5.71. The van der Waals surface area contributed by atoms with Crippen LogP contribution in [-0.2, 0) is 0 Å². The van der Waals surface area contributed by atoms with Crippen LogP contribution in [0.15, 0.2) is 54.9 Å². The predicted octanol–water partition coefficient (Wildman–Crippen LogP) is 4.18. The van der Waals surface area contributed by atoms with E-state index in [9.17, 15) is 0 Å². The molecule has 1 aliphatic rings. The first kappa shape index (κ1) is 10.3. The molecule has 0 aliphatic heterocycles. The molecule has 0 bridgehead atoms. The van der Waals surface area contributed by atoms with Gasteiger partial charge in [0.25, 0.3) is 0 Å². The van der Waals surface area contributed by atoms with Gasteiger partial charge in [0.2, 0.25) is 0 Å². The van der Waals surface area contributed by atoms with Crippen LogP contribution >= 0.6 is 0 Å². The quantitative estimate of drug-likeness (QED) is 0.741. The summed E-state index contributed by atoms with van der Waals surface area (Å²) < 4.78 is 0. The normalized spacial score (nSPS) is 15.3. The van der Waals surface area contributed by atoms with E-state index in [1.165, 1.54) is 41.5 Å². The molecule has 0 atom stereocenters. The maximum atomic E-state index is 4.09. The van der Waals surface area contributed by atoms with Gasteiger partial charge in [0.05, 0.1) is 0 Å². The standard InChI is InChI=1S/C16H15N/c1-2-5-13(6-3-1)15-7-4-8-16(15)14-9-11-17-12-10-14/h1-3,5-6,9-12H,4,7-8H2. The fraction of sp³-hybridized carbons (Fsp3) is 0.188. The molecule has 1 heterocycles. The summed E-state index contributed by atoms with van der Waals surface area (Å²) in [5.74, 6) is 0. The third-order valence-electron chi connectivity index (χ3n) is 3.37. The molecule has 17 heavy (non-hydrogen) atoms. The van der Waals surface area contributed by atoms with Crippen LogP contribution in [0.1, 0.15) is 30.4 Å². The van der Waals surface area contributed by atoms with Crippen molar-refractivity contribution in [2.45, 2.75) is 19.3 Å². The zero-order valence-corrected chi connectivity index (χ0v) is 9.76. The summed E-state index contributed by atoms with van der Waals surface area (Å²) >= 11 is 0. The lowest BCUT2D eigenvalue weighted by molar-refractivity contribution is 0.941. The van der Waals surface area contributed by atoms with Crippen LogP contribution in [-0.4, -0.2) is 4.98 Å². The highest BCUT2D eigenvalue weighted by atomic mass is 14.6. The fourth-order valence-corrected chi connectivity index (χ4v) is 2.57. The van der Waals surface area contributed by atoms with E-state index in [1.807, 2.05) is 12.4 Å². The van der Waals surface area contributed by atoms with Gasteiger partial charge < -0.3 is 0 Å². The first-order valence-corrected chi connectivity index (χ1v) is 6.13. The van der Waals surface area contributed by atoms with Crippen LogP contribution in [0.5, 0.6) is 0 Å². The molecule has 84 valence electrons. The average Bonchev–Trinajstić information content (AvgIpc) is 2.90. The van der Waals surface area contributed by atoms with Crippen molar-refractivity contribution in [3.05, 3.63) is 66.0 Å². The summed E-state index contributed by atoms with van der Waals surface area (Å²) in [6.45, 7) is 0. The Balaban J connectivity index is 2.08. The number of pyridine rings is 1. The fourth-order valence-electron chi connectivity index (χ4n) is 2.57. The zero-order chi connectivity index (χ0) is 11.5. The Bertz CT molecular complexity index is 476. The second-order valence-corrected chi connectivity index (χ2v) is 4.41. The SMILES string of the molecule is c1ccc(C2=C(c3ccncc3)CCC2)cc1. The van der Waals surface area contributed by atoms with Crippen LogP contribution < -0.4 is 0 Å². The third kappa shape index (κ3) is 2.01. The molecule has 1 aromatic heterocycles. The largest absolute Gasteiger partial charge is 0.265 e. The average molecular weight is 221 g/mol. The maximum Gasteiger partial charge on any atom is 0.0273 e. The van der Waals surface area contributed by atoms with Gasteiger partial charge in [-0.25, -0.2) is 0 Å². The van der Waals surface area contributed by atoms with Crippen LogP contribution in [0.25, 0.3) is 11.1 Å². The van der Waals surface area contributed by atoms with Gasteiger partial charge in [-0.15, -0.1) is 0 Å². The Morgan fingerprint density at radius 2 is 1.29 bits per heavy atom. The van der Waals surface area contributed by atoms with Gasteiger partial charge in [0, 0.05) is 12.4 Å². The summed E-state index contributed by atoms with van der Waals surface area (Å²) in [5, 5.41) is 0. The van der Waals surface area contributed by atoms with E-state index in [-0.39, 0.29) is 0 Å². The molecule has 0 radical (unpaired) electrons. The second kappa shape index (κ2) is 4.54. The second-order valence-electron chi connectivity index (χ2n) is 4.41. The Labute approximate surface area is 102 Å². The molecule has 0 saturated heterocycles. The van der Waals surface area contributed by atoms with Gasteiger partial charge in [-0.05, 0) is 53.7 Å². The lowest BCUT2D eigenvalue weighted by Crippen LogP contribution is -1.86. The molecule has 1 nitrogen and oxygen atoms in total. The molecular weight excluding hydrogens is 206 g/mol. The van der Waals surface area contributed by atoms with Crippen molar-refractivity contribution in [3.63, 3.8) is 0 Å². The molecule has 1 heteroatoms. The lowest BCUT2D eigenvalue weighted by Gasteiger charge is -2.07. The highest BCUT2D eigenvalue weighted by Crippen LogP contribution is 2.39. The zero-order valence-electron chi connectivity index (χ0n) is 9.76. The molecule has 0 spiro atoms. The minimum atomic E-state index is 1.19. The van der Waals surface area contributed by atoms with Crippen LogP contribution in [0.4, 0.5) is 0 Å². The highest BCUT2D eigenvalue weighted by molar-refractivity contribution is 5.92. The van der Waals surface area contributed by atoms with E-state index in [4.69, 9.17) is 0 Å². The summed E-state index contributed by atoms with van der Waals surface area (Å²) in [6, 6.07) is 15.0. The van der Waals surface area contributed by atoms with Crippen molar-refractivity contribution in [2.24, 2.45) is 0 Å². The Kier molecular flexibility index (Phi) is 2.74. The molecule has 0 fully saturated rings. The van der Waals surface area contributed by atoms with Crippen molar-refractivity contribution >= 4 is 11.1 Å². The Morgan fingerprint density at radius 1 is 0.706 bits per heavy atom. The van der Waals surface area contributed by atoms with Crippen molar-refractivity contribution < 1.29 is 0 Å². The molecule has 1 aliphatic carbocycles. The molecule has 0 saturated carbocycles. The number of hydrogen-bond acceptors (Lipinski definition) is 1. The van der Waals surface area contributed by atoms with Gasteiger partial charge in [0.15, 0.2) is 0 Å². The minimum absolute atomic E-state index is 1.19. The van der Waals surface area contributed by atoms with Crippen molar-refractivity contribution in [1.29, 1.82) is 0 Å². The molecular formula is C16H15N. The van der Waals surface area contributed by atoms with E-state index in [1.54, 1.807) is 0 Å². The Morgan fingerprint density at radius 3 is 1.94 bits per heavy atom. The van der Waals surface area contributed by atoms with E-state index in [0.29, 0.717) is 0 Å². The Hall–Kier alpha value is -1.89. The molecule has 3 rings (SSSR count). The molecule has 0 N–H and O–H groups in total. The molecule has 2 aromatic rings. The maximum absolute atomic E-state index is 4.09. The van der Waals surface area contributed by atoms with Gasteiger partial charge in [0.1, 0.15) is 0 Å². The molecule has 0 amide bonds.